The van der Waals surface area contributed by atoms with Gasteiger partial charge < -0.3 is 20.6 Å². The second-order valence-electron chi connectivity index (χ2n) is 10.3. The molecule has 0 aliphatic carbocycles. The monoisotopic (exact) mass is 521 g/mol. The first-order chi connectivity index (χ1) is 18.1. The van der Waals surface area contributed by atoms with Gasteiger partial charge in [0, 0.05) is 0 Å². The van der Waals surface area contributed by atoms with Gasteiger partial charge in [0.15, 0.2) is 0 Å². The fourth-order valence-corrected chi connectivity index (χ4v) is 4.18. The first-order valence-corrected chi connectivity index (χ1v) is 15.3. The molecular formula is C32H59NO4. The van der Waals surface area contributed by atoms with E-state index in [1.54, 1.807) is 6.08 Å². The predicted octanol–water partition coefficient (Wildman–Crippen LogP) is 7.31. The van der Waals surface area contributed by atoms with Gasteiger partial charge in [0.05, 0.1) is 18.8 Å². The van der Waals surface area contributed by atoms with Gasteiger partial charge in [0.25, 0.3) is 0 Å². The maximum absolute atomic E-state index is 12.3. The first kappa shape index (κ1) is 35.6. The smallest absolute Gasteiger partial charge is 0.249 e. The molecular weight excluding hydrogens is 462 g/mol. The lowest BCUT2D eigenvalue weighted by Gasteiger charge is -2.21. The highest BCUT2D eigenvalue weighted by Gasteiger charge is 2.22. The van der Waals surface area contributed by atoms with Crippen molar-refractivity contribution in [2.75, 3.05) is 6.61 Å². The highest BCUT2D eigenvalue weighted by atomic mass is 16.3. The molecule has 5 heteroatoms. The van der Waals surface area contributed by atoms with Gasteiger partial charge in [-0.3, -0.25) is 4.79 Å². The minimum Gasteiger partial charge on any atom is -0.394 e. The van der Waals surface area contributed by atoms with Gasteiger partial charge in [0.1, 0.15) is 6.10 Å². The molecule has 0 saturated heterocycles. The average Bonchev–Trinajstić information content (AvgIpc) is 2.90. The summed E-state index contributed by atoms with van der Waals surface area (Å²) < 4.78 is 0. The van der Waals surface area contributed by atoms with Crippen LogP contribution >= 0.6 is 0 Å². The van der Waals surface area contributed by atoms with Crippen LogP contribution in [0.2, 0.25) is 0 Å². The molecule has 0 bridgehead atoms. The van der Waals surface area contributed by atoms with Crippen molar-refractivity contribution in [2.45, 2.75) is 154 Å². The Morgan fingerprint density at radius 3 is 1.73 bits per heavy atom. The van der Waals surface area contributed by atoms with E-state index in [1.165, 1.54) is 64.2 Å². The van der Waals surface area contributed by atoms with Gasteiger partial charge >= 0.3 is 0 Å². The summed E-state index contributed by atoms with van der Waals surface area (Å²) in [6.07, 6.45) is 31.6. The highest BCUT2D eigenvalue weighted by Crippen LogP contribution is 2.11. The van der Waals surface area contributed by atoms with Gasteiger partial charge in [-0.2, -0.15) is 0 Å². The Morgan fingerprint density at radius 1 is 0.649 bits per heavy atom. The summed E-state index contributed by atoms with van der Waals surface area (Å²) in [6, 6.07) is -0.816. The van der Waals surface area contributed by atoms with Crippen LogP contribution in [0, 0.1) is 0 Å². The van der Waals surface area contributed by atoms with E-state index < -0.39 is 24.2 Å². The second kappa shape index (κ2) is 27.6. The van der Waals surface area contributed by atoms with Crippen LogP contribution in [0.3, 0.4) is 0 Å². The van der Waals surface area contributed by atoms with Crippen molar-refractivity contribution in [3.05, 3.63) is 36.5 Å². The lowest BCUT2D eigenvalue weighted by molar-refractivity contribution is -0.131. The van der Waals surface area contributed by atoms with Crippen LogP contribution in [0.15, 0.2) is 36.5 Å². The molecule has 0 fully saturated rings. The van der Waals surface area contributed by atoms with Gasteiger partial charge in [-0.05, 0) is 51.4 Å². The number of nitrogens with one attached hydrogen (secondary N) is 1. The standard InChI is InChI=1S/C32H59NO4/c1-3-5-7-9-11-13-14-15-16-17-19-20-22-24-26-30(35)29(28-34)33-32(37)31(36)27-25-23-21-18-12-10-8-6-4-2/h10,12,17,19,24,26,29-31,34-36H,3-9,11,13-16,18,20-23,25,27-28H2,1-2H3,(H,33,37)/b12-10-,19-17+,26-24+. The molecule has 0 aliphatic heterocycles. The lowest BCUT2D eigenvalue weighted by atomic mass is 10.1. The van der Waals surface area contributed by atoms with Crippen LogP contribution in [0.1, 0.15) is 136 Å². The van der Waals surface area contributed by atoms with Crippen molar-refractivity contribution in [1.29, 1.82) is 0 Å². The minimum atomic E-state index is -1.11. The SMILES string of the molecule is CCCC/C=C\CCCCCC(O)C(=O)NC(CO)C(O)/C=C/CC/C=C/CCCCCCCCCC. The van der Waals surface area contributed by atoms with Crippen LogP contribution in [0.4, 0.5) is 0 Å². The maximum Gasteiger partial charge on any atom is 0.249 e. The Bertz CT molecular complexity index is 587. The first-order valence-electron chi connectivity index (χ1n) is 15.3. The fraction of sp³-hybridized carbons (Fsp3) is 0.781. The highest BCUT2D eigenvalue weighted by molar-refractivity contribution is 5.80. The number of hydrogen-bond acceptors (Lipinski definition) is 4. The average molecular weight is 522 g/mol. The Kier molecular flexibility index (Phi) is 26.5. The van der Waals surface area contributed by atoms with Crippen LogP contribution < -0.4 is 5.32 Å². The predicted molar refractivity (Wildman–Crippen MR) is 158 cm³/mol. The third-order valence-electron chi connectivity index (χ3n) is 6.70. The Labute approximate surface area is 228 Å². The van der Waals surface area contributed by atoms with E-state index >= 15 is 0 Å². The molecule has 0 saturated carbocycles. The summed E-state index contributed by atoms with van der Waals surface area (Å²) in [5.74, 6) is -0.533. The molecule has 0 aromatic carbocycles. The van der Waals surface area contributed by atoms with Gasteiger partial charge in [-0.1, -0.05) is 121 Å². The lowest BCUT2D eigenvalue weighted by Crippen LogP contribution is -2.48. The van der Waals surface area contributed by atoms with Crippen molar-refractivity contribution in [2.24, 2.45) is 0 Å². The van der Waals surface area contributed by atoms with Crippen molar-refractivity contribution in [3.63, 3.8) is 0 Å². The van der Waals surface area contributed by atoms with E-state index in [1.807, 2.05) is 6.08 Å². The molecule has 1 amide bonds. The van der Waals surface area contributed by atoms with Gasteiger partial charge in [-0.15, -0.1) is 0 Å². The number of aliphatic hydroxyl groups excluding tert-OH is 3. The zero-order chi connectivity index (χ0) is 27.4. The quantitative estimate of drug-likeness (QED) is 0.0710. The molecule has 216 valence electrons. The summed E-state index contributed by atoms with van der Waals surface area (Å²) in [7, 11) is 0. The summed E-state index contributed by atoms with van der Waals surface area (Å²) in [5.41, 5.74) is 0. The van der Waals surface area contributed by atoms with Gasteiger partial charge in [-0.25, -0.2) is 0 Å². The van der Waals surface area contributed by atoms with Crippen LogP contribution in [-0.2, 0) is 4.79 Å². The van der Waals surface area contributed by atoms with Crippen LogP contribution in [0.5, 0.6) is 0 Å². The zero-order valence-corrected chi connectivity index (χ0v) is 24.1. The molecule has 37 heavy (non-hydrogen) atoms. The largest absolute Gasteiger partial charge is 0.394 e. The van der Waals surface area contributed by atoms with E-state index in [0.717, 1.165) is 51.4 Å². The van der Waals surface area contributed by atoms with Crippen molar-refractivity contribution in [1.82, 2.24) is 5.32 Å². The molecule has 0 spiro atoms. The third kappa shape index (κ3) is 23.4. The van der Waals surface area contributed by atoms with E-state index in [-0.39, 0.29) is 6.61 Å². The number of aliphatic hydroxyl groups is 3. The minimum absolute atomic E-state index is 0.382. The molecule has 0 rings (SSSR count). The van der Waals surface area contributed by atoms with Gasteiger partial charge in [0.2, 0.25) is 5.91 Å². The fourth-order valence-electron chi connectivity index (χ4n) is 4.18. The topological polar surface area (TPSA) is 89.8 Å². The maximum atomic E-state index is 12.3. The number of unbranched alkanes of at least 4 members (excludes halogenated alkanes) is 14. The molecule has 0 aliphatic rings. The van der Waals surface area contributed by atoms with E-state index in [4.69, 9.17) is 0 Å². The van der Waals surface area contributed by atoms with Crippen molar-refractivity contribution in [3.8, 4) is 0 Å². The Balaban J connectivity index is 3.92. The van der Waals surface area contributed by atoms with E-state index in [9.17, 15) is 20.1 Å². The van der Waals surface area contributed by atoms with E-state index in [2.05, 4.69) is 43.5 Å². The number of hydrogen-bond donors (Lipinski definition) is 4. The molecule has 4 N–H and O–H groups in total. The zero-order valence-electron chi connectivity index (χ0n) is 24.1. The molecule has 5 nitrogen and oxygen atoms in total. The van der Waals surface area contributed by atoms with Crippen molar-refractivity contribution < 1.29 is 20.1 Å². The second-order valence-corrected chi connectivity index (χ2v) is 10.3. The Morgan fingerprint density at radius 2 is 1.14 bits per heavy atom. The van der Waals surface area contributed by atoms with E-state index in [0.29, 0.717) is 6.42 Å². The molecule has 0 aromatic heterocycles. The molecule has 3 atom stereocenters. The summed E-state index contributed by atoms with van der Waals surface area (Å²) in [6.45, 7) is 4.06. The van der Waals surface area contributed by atoms with Crippen LogP contribution in [-0.4, -0.2) is 46.1 Å². The summed E-state index contributed by atoms with van der Waals surface area (Å²) in [4.78, 5) is 12.3. The summed E-state index contributed by atoms with van der Waals surface area (Å²) in [5, 5.41) is 32.6. The third-order valence-corrected chi connectivity index (χ3v) is 6.70. The summed E-state index contributed by atoms with van der Waals surface area (Å²) >= 11 is 0. The number of amides is 1. The molecule has 0 radical (unpaired) electrons. The number of rotatable bonds is 26. The number of carbonyl (C=O) groups is 1. The molecule has 0 heterocycles. The van der Waals surface area contributed by atoms with Crippen molar-refractivity contribution >= 4 is 5.91 Å². The Hall–Kier alpha value is -1.43. The molecule has 3 unspecified atom stereocenters. The normalized spacial score (nSPS) is 14.6. The number of allylic oxidation sites excluding steroid dienone is 5. The molecule has 0 aromatic rings. The number of carbonyl (C=O) groups excluding carboxylic acids is 1. The van der Waals surface area contributed by atoms with Crippen LogP contribution in [0.25, 0.3) is 0 Å².